The van der Waals surface area contributed by atoms with Gasteiger partial charge < -0.3 is 15.4 Å². The first-order chi connectivity index (χ1) is 10.0. The lowest BCUT2D eigenvalue weighted by atomic mass is 10.2. The maximum atomic E-state index is 13.6. The van der Waals surface area contributed by atoms with Gasteiger partial charge in [-0.1, -0.05) is 0 Å². The maximum absolute atomic E-state index is 13.6. The molecule has 8 heteroatoms. The van der Waals surface area contributed by atoms with Crippen molar-refractivity contribution in [3.8, 4) is 6.01 Å². The molecule has 0 saturated carbocycles. The van der Waals surface area contributed by atoms with Gasteiger partial charge in [0.2, 0.25) is 11.9 Å². The lowest BCUT2D eigenvalue weighted by Crippen LogP contribution is -2.07. The minimum atomic E-state index is -0.365. The molecule has 2 rings (SSSR count). The number of nitrogens with one attached hydrogen (secondary N) is 2. The monoisotopic (exact) mass is 355 g/mol. The Balaban J connectivity index is 2.34. The highest BCUT2D eigenvalue weighted by atomic mass is 79.9. The quantitative estimate of drug-likeness (QED) is 0.857. The van der Waals surface area contributed by atoms with Crippen LogP contribution in [0.15, 0.2) is 16.6 Å². The van der Waals surface area contributed by atoms with E-state index in [-0.39, 0.29) is 17.8 Å². The van der Waals surface area contributed by atoms with Gasteiger partial charge in [-0.2, -0.15) is 15.0 Å². The highest BCUT2D eigenvalue weighted by Crippen LogP contribution is 2.26. The summed E-state index contributed by atoms with van der Waals surface area (Å²) in [6.07, 6.45) is 0. The normalized spacial score (nSPS) is 10.3. The molecule has 1 heterocycles. The highest BCUT2D eigenvalue weighted by Gasteiger charge is 2.10. The van der Waals surface area contributed by atoms with Crippen LogP contribution < -0.4 is 15.4 Å². The maximum Gasteiger partial charge on any atom is 0.323 e. The van der Waals surface area contributed by atoms with Crippen molar-refractivity contribution in [2.24, 2.45) is 0 Å². The number of nitrogens with zero attached hydrogens (tertiary/aromatic N) is 3. The SMILES string of the molecule is CCOc1nc(NC)nc(Nc2cc(F)c(Br)cc2C)n1. The molecule has 2 aromatic rings. The Morgan fingerprint density at radius 1 is 1.24 bits per heavy atom. The van der Waals surface area contributed by atoms with Gasteiger partial charge in [0.1, 0.15) is 5.82 Å². The second-order valence-corrected chi connectivity index (χ2v) is 5.01. The number of anilines is 3. The number of ether oxygens (including phenoxy) is 1. The Kier molecular flexibility index (Phi) is 4.89. The van der Waals surface area contributed by atoms with E-state index in [1.54, 1.807) is 13.1 Å². The summed E-state index contributed by atoms with van der Waals surface area (Å²) in [4.78, 5) is 12.4. The third-order valence-electron chi connectivity index (χ3n) is 2.63. The van der Waals surface area contributed by atoms with Gasteiger partial charge in [-0.15, -0.1) is 0 Å². The molecular formula is C13H15BrFN5O. The molecule has 21 heavy (non-hydrogen) atoms. The fourth-order valence-corrected chi connectivity index (χ4v) is 2.08. The fourth-order valence-electron chi connectivity index (χ4n) is 1.62. The van der Waals surface area contributed by atoms with Crippen LogP contribution in [0.25, 0.3) is 0 Å². The van der Waals surface area contributed by atoms with Crippen molar-refractivity contribution in [2.45, 2.75) is 13.8 Å². The average molecular weight is 356 g/mol. The van der Waals surface area contributed by atoms with Crippen molar-refractivity contribution in [1.82, 2.24) is 15.0 Å². The van der Waals surface area contributed by atoms with Crippen LogP contribution in [-0.2, 0) is 0 Å². The smallest absolute Gasteiger partial charge is 0.323 e. The van der Waals surface area contributed by atoms with Gasteiger partial charge in [0, 0.05) is 12.7 Å². The summed E-state index contributed by atoms with van der Waals surface area (Å²) >= 11 is 3.15. The summed E-state index contributed by atoms with van der Waals surface area (Å²) in [5, 5.41) is 5.79. The number of hydrogen-bond donors (Lipinski definition) is 2. The molecule has 0 bridgehead atoms. The standard InChI is InChI=1S/C13H15BrFN5O/c1-4-21-13-19-11(16-3)18-12(20-13)17-10-6-9(15)8(14)5-7(10)2/h5-6H,4H2,1-3H3,(H2,16,17,18,19,20). The predicted octanol–water partition coefficient (Wildman–Crippen LogP) is 3.27. The molecule has 0 atom stereocenters. The van der Waals surface area contributed by atoms with Crippen molar-refractivity contribution in [3.63, 3.8) is 0 Å². The molecule has 1 aromatic heterocycles. The van der Waals surface area contributed by atoms with Crippen molar-refractivity contribution >= 4 is 33.5 Å². The summed E-state index contributed by atoms with van der Waals surface area (Å²) in [7, 11) is 1.69. The summed E-state index contributed by atoms with van der Waals surface area (Å²) in [6.45, 7) is 4.14. The lowest BCUT2D eigenvalue weighted by Gasteiger charge is -2.11. The Morgan fingerprint density at radius 2 is 1.95 bits per heavy atom. The van der Waals surface area contributed by atoms with Crippen LogP contribution in [0.1, 0.15) is 12.5 Å². The van der Waals surface area contributed by atoms with Crippen LogP contribution in [0.4, 0.5) is 22.0 Å². The van der Waals surface area contributed by atoms with E-state index in [4.69, 9.17) is 4.74 Å². The molecular weight excluding hydrogens is 341 g/mol. The molecule has 0 radical (unpaired) electrons. The van der Waals surface area contributed by atoms with Gasteiger partial charge in [0.15, 0.2) is 0 Å². The van der Waals surface area contributed by atoms with Crippen LogP contribution in [0.2, 0.25) is 0 Å². The van der Waals surface area contributed by atoms with Crippen LogP contribution in [0.5, 0.6) is 6.01 Å². The number of aromatic nitrogens is 3. The second kappa shape index (κ2) is 6.66. The molecule has 1 aromatic carbocycles. The number of aryl methyl sites for hydroxylation is 1. The van der Waals surface area contributed by atoms with Crippen molar-refractivity contribution in [3.05, 3.63) is 28.0 Å². The van der Waals surface area contributed by atoms with E-state index < -0.39 is 0 Å². The first kappa shape index (κ1) is 15.4. The van der Waals surface area contributed by atoms with Gasteiger partial charge in [0.05, 0.1) is 11.1 Å². The molecule has 0 amide bonds. The number of rotatable bonds is 5. The van der Waals surface area contributed by atoms with E-state index in [9.17, 15) is 4.39 Å². The van der Waals surface area contributed by atoms with Gasteiger partial charge in [-0.05, 0) is 47.5 Å². The summed E-state index contributed by atoms with van der Waals surface area (Å²) in [6, 6.07) is 3.26. The number of benzene rings is 1. The summed E-state index contributed by atoms with van der Waals surface area (Å²) in [5.74, 6) is 0.282. The predicted molar refractivity (Wildman–Crippen MR) is 82.7 cm³/mol. The topological polar surface area (TPSA) is 72.0 Å². The van der Waals surface area contributed by atoms with Crippen LogP contribution in [0.3, 0.4) is 0 Å². The zero-order chi connectivity index (χ0) is 15.4. The van der Waals surface area contributed by atoms with E-state index in [0.717, 1.165) is 5.56 Å². The molecule has 0 aliphatic carbocycles. The van der Waals surface area contributed by atoms with Crippen molar-refractivity contribution < 1.29 is 9.13 Å². The Labute approximate surface area is 130 Å². The average Bonchev–Trinajstić information content (AvgIpc) is 2.45. The minimum Gasteiger partial charge on any atom is -0.464 e. The Morgan fingerprint density at radius 3 is 2.62 bits per heavy atom. The third kappa shape index (κ3) is 3.78. The molecule has 0 saturated heterocycles. The number of halogens is 2. The lowest BCUT2D eigenvalue weighted by molar-refractivity contribution is 0.312. The summed E-state index contributed by atoms with van der Waals surface area (Å²) in [5.41, 5.74) is 1.43. The molecule has 6 nitrogen and oxygen atoms in total. The van der Waals surface area contributed by atoms with Crippen molar-refractivity contribution in [1.29, 1.82) is 0 Å². The number of hydrogen-bond acceptors (Lipinski definition) is 6. The molecule has 0 aliphatic heterocycles. The van der Waals surface area contributed by atoms with E-state index in [0.29, 0.717) is 22.7 Å². The minimum absolute atomic E-state index is 0.203. The van der Waals surface area contributed by atoms with Gasteiger partial charge in [-0.25, -0.2) is 4.39 Å². The van der Waals surface area contributed by atoms with Gasteiger partial charge in [-0.3, -0.25) is 0 Å². The molecule has 0 aliphatic rings. The largest absolute Gasteiger partial charge is 0.464 e. The molecule has 0 spiro atoms. The highest BCUT2D eigenvalue weighted by molar-refractivity contribution is 9.10. The Hall–Kier alpha value is -1.96. The Bertz CT molecular complexity index is 653. The first-order valence-corrected chi connectivity index (χ1v) is 7.12. The molecule has 112 valence electrons. The molecule has 0 unspecified atom stereocenters. The van der Waals surface area contributed by atoms with E-state index in [1.165, 1.54) is 6.07 Å². The van der Waals surface area contributed by atoms with E-state index in [1.807, 2.05) is 13.8 Å². The zero-order valence-corrected chi connectivity index (χ0v) is 13.5. The summed E-state index contributed by atoms with van der Waals surface area (Å²) < 4.78 is 19.3. The fraction of sp³-hybridized carbons (Fsp3) is 0.308. The third-order valence-corrected chi connectivity index (χ3v) is 3.23. The first-order valence-electron chi connectivity index (χ1n) is 6.32. The van der Waals surface area contributed by atoms with E-state index >= 15 is 0 Å². The molecule has 0 fully saturated rings. The van der Waals surface area contributed by atoms with Gasteiger partial charge >= 0.3 is 6.01 Å². The van der Waals surface area contributed by atoms with Crippen LogP contribution >= 0.6 is 15.9 Å². The van der Waals surface area contributed by atoms with Crippen LogP contribution in [-0.4, -0.2) is 28.6 Å². The molecule has 2 N–H and O–H groups in total. The zero-order valence-electron chi connectivity index (χ0n) is 11.9. The second-order valence-electron chi connectivity index (χ2n) is 4.15. The van der Waals surface area contributed by atoms with Crippen LogP contribution in [0, 0.1) is 12.7 Å². The van der Waals surface area contributed by atoms with Crippen molar-refractivity contribution in [2.75, 3.05) is 24.3 Å². The van der Waals surface area contributed by atoms with Gasteiger partial charge in [0.25, 0.3) is 0 Å². The van der Waals surface area contributed by atoms with E-state index in [2.05, 4.69) is 41.5 Å².